The van der Waals surface area contributed by atoms with Crippen LogP contribution in [0.5, 0.6) is 0 Å². The number of benzene rings is 3. The van der Waals surface area contributed by atoms with Crippen molar-refractivity contribution in [1.82, 2.24) is 0 Å². The zero-order valence-electron chi connectivity index (χ0n) is 14.8. The van der Waals surface area contributed by atoms with Gasteiger partial charge in [-0.3, -0.25) is 0 Å². The zero-order chi connectivity index (χ0) is 19.2. The number of nitriles is 1. The zero-order valence-corrected chi connectivity index (χ0v) is 14.8. The number of carbonyl (C=O) groups is 1. The van der Waals surface area contributed by atoms with Crippen LogP contribution >= 0.6 is 0 Å². The Hall–Kier alpha value is -3.67. The Morgan fingerprint density at radius 2 is 1.81 bits per heavy atom. The Balaban J connectivity index is 2.22. The molecule has 0 aromatic heterocycles. The van der Waals surface area contributed by atoms with Crippen LogP contribution in [0.3, 0.4) is 0 Å². The lowest BCUT2D eigenvalue weighted by atomic mass is 9.83. The van der Waals surface area contributed by atoms with E-state index in [0.29, 0.717) is 11.1 Å². The van der Waals surface area contributed by atoms with E-state index in [1.807, 2.05) is 48.5 Å². The standard InChI is InChI=1S/C23H17NO3/c1-2-27-23(26)18-10-5-9-17(13-18)22(19(14-24)15-25)21-12-6-8-16-7-3-4-11-20(16)21/h3-13,22H,2H2,1H3. The molecule has 3 aromatic rings. The van der Waals surface area contributed by atoms with E-state index in [2.05, 4.69) is 0 Å². The van der Waals surface area contributed by atoms with E-state index < -0.39 is 11.9 Å². The largest absolute Gasteiger partial charge is 0.462 e. The van der Waals surface area contributed by atoms with Gasteiger partial charge >= 0.3 is 5.97 Å². The molecule has 0 heterocycles. The van der Waals surface area contributed by atoms with Gasteiger partial charge in [0.15, 0.2) is 0 Å². The molecule has 0 amide bonds. The van der Waals surface area contributed by atoms with Crippen LogP contribution in [0.2, 0.25) is 0 Å². The van der Waals surface area contributed by atoms with Crippen LogP contribution < -0.4 is 0 Å². The highest BCUT2D eigenvalue weighted by atomic mass is 16.5. The van der Waals surface area contributed by atoms with Gasteiger partial charge in [0.25, 0.3) is 0 Å². The highest BCUT2D eigenvalue weighted by molar-refractivity contribution is 5.90. The molecular formula is C23H17NO3. The van der Waals surface area contributed by atoms with Crippen LogP contribution in [0, 0.1) is 11.3 Å². The summed E-state index contributed by atoms with van der Waals surface area (Å²) in [5.41, 5.74) is 1.82. The van der Waals surface area contributed by atoms with E-state index in [1.54, 1.807) is 37.1 Å². The van der Waals surface area contributed by atoms with Crippen molar-refractivity contribution in [2.45, 2.75) is 12.8 Å². The number of esters is 1. The molecule has 0 spiro atoms. The molecule has 27 heavy (non-hydrogen) atoms. The molecule has 4 heteroatoms. The summed E-state index contributed by atoms with van der Waals surface area (Å²) in [7, 11) is 0. The van der Waals surface area contributed by atoms with Gasteiger partial charge in [-0.1, -0.05) is 54.6 Å². The fourth-order valence-electron chi connectivity index (χ4n) is 3.21. The molecule has 0 saturated carbocycles. The summed E-state index contributed by atoms with van der Waals surface area (Å²) < 4.78 is 5.06. The number of carbonyl (C=O) groups excluding carboxylic acids is 2. The maximum atomic E-state index is 12.1. The molecule has 3 aromatic carbocycles. The summed E-state index contributed by atoms with van der Waals surface area (Å²) in [5, 5.41) is 11.5. The molecule has 0 bridgehead atoms. The van der Waals surface area contributed by atoms with Gasteiger partial charge in [-0.2, -0.15) is 5.26 Å². The van der Waals surface area contributed by atoms with Crippen molar-refractivity contribution in [1.29, 1.82) is 5.26 Å². The topological polar surface area (TPSA) is 67.2 Å². The summed E-state index contributed by atoms with van der Waals surface area (Å²) in [6, 6.07) is 22.3. The minimum atomic E-state index is -0.618. The average molecular weight is 355 g/mol. The predicted molar refractivity (Wildman–Crippen MR) is 103 cm³/mol. The van der Waals surface area contributed by atoms with Crippen LogP contribution in [-0.2, 0) is 9.53 Å². The molecule has 1 atom stereocenters. The fourth-order valence-corrected chi connectivity index (χ4v) is 3.21. The lowest BCUT2D eigenvalue weighted by Crippen LogP contribution is -2.09. The molecule has 0 fully saturated rings. The van der Waals surface area contributed by atoms with Gasteiger partial charge in [0, 0.05) is 0 Å². The van der Waals surface area contributed by atoms with Gasteiger partial charge in [0.2, 0.25) is 0 Å². The lowest BCUT2D eigenvalue weighted by Gasteiger charge is -2.18. The minimum absolute atomic E-state index is 0.0349. The summed E-state index contributed by atoms with van der Waals surface area (Å²) >= 11 is 0. The number of fused-ring (bicyclic) bond motifs is 1. The smallest absolute Gasteiger partial charge is 0.338 e. The maximum Gasteiger partial charge on any atom is 0.338 e. The van der Waals surface area contributed by atoms with Crippen molar-refractivity contribution in [2.24, 2.45) is 0 Å². The van der Waals surface area contributed by atoms with Crippen LogP contribution in [0.4, 0.5) is 0 Å². The Kier molecular flexibility index (Phi) is 5.47. The number of hydrogen-bond donors (Lipinski definition) is 0. The Labute approximate surface area is 157 Å². The van der Waals surface area contributed by atoms with E-state index in [9.17, 15) is 14.9 Å². The Morgan fingerprint density at radius 1 is 1.07 bits per heavy atom. The van der Waals surface area contributed by atoms with Crippen molar-refractivity contribution < 1.29 is 14.3 Å². The minimum Gasteiger partial charge on any atom is -0.462 e. The highest BCUT2D eigenvalue weighted by Crippen LogP contribution is 2.35. The van der Waals surface area contributed by atoms with Gasteiger partial charge in [-0.25, -0.2) is 9.59 Å². The van der Waals surface area contributed by atoms with E-state index in [0.717, 1.165) is 16.3 Å². The number of hydrogen-bond acceptors (Lipinski definition) is 4. The van der Waals surface area contributed by atoms with Crippen molar-refractivity contribution in [3.63, 3.8) is 0 Å². The van der Waals surface area contributed by atoms with Gasteiger partial charge in [0.1, 0.15) is 17.6 Å². The Morgan fingerprint density at radius 3 is 2.56 bits per heavy atom. The third-order valence-corrected chi connectivity index (χ3v) is 4.38. The van der Waals surface area contributed by atoms with Crippen molar-refractivity contribution in [3.8, 4) is 6.07 Å². The molecule has 0 radical (unpaired) electrons. The van der Waals surface area contributed by atoms with Gasteiger partial charge < -0.3 is 4.74 Å². The predicted octanol–water partition coefficient (Wildman–Crippen LogP) is 4.43. The quantitative estimate of drug-likeness (QED) is 0.386. The maximum absolute atomic E-state index is 12.1. The third-order valence-electron chi connectivity index (χ3n) is 4.38. The van der Waals surface area contributed by atoms with Gasteiger partial charge in [-0.15, -0.1) is 0 Å². The molecule has 0 aliphatic heterocycles. The second-order valence-electron chi connectivity index (χ2n) is 5.97. The summed E-state index contributed by atoms with van der Waals surface area (Å²) in [4.78, 5) is 23.6. The van der Waals surface area contributed by atoms with Gasteiger partial charge in [0.05, 0.1) is 18.1 Å². The van der Waals surface area contributed by atoms with Crippen molar-refractivity contribution >= 4 is 22.7 Å². The first-order chi connectivity index (χ1) is 13.2. The number of nitrogens with zero attached hydrogens (tertiary/aromatic N) is 1. The molecule has 4 nitrogen and oxygen atoms in total. The monoisotopic (exact) mass is 355 g/mol. The third kappa shape index (κ3) is 3.64. The summed E-state index contributed by atoms with van der Waals surface area (Å²) in [5.74, 6) is 0.719. The van der Waals surface area contributed by atoms with Crippen molar-refractivity contribution in [3.05, 3.63) is 89.0 Å². The van der Waals surface area contributed by atoms with Crippen LogP contribution in [-0.4, -0.2) is 18.5 Å². The second-order valence-corrected chi connectivity index (χ2v) is 5.97. The SMILES string of the molecule is CCOC(=O)c1cccc(C(C(=C=O)C#N)c2cccc3ccccc23)c1. The number of allylic oxidation sites excluding steroid dienone is 1. The first-order valence-electron chi connectivity index (χ1n) is 8.59. The number of ether oxygens (including phenoxy) is 1. The van der Waals surface area contributed by atoms with Crippen LogP contribution in [0.1, 0.15) is 34.3 Å². The molecule has 0 aliphatic carbocycles. The van der Waals surface area contributed by atoms with E-state index in [1.165, 1.54) is 0 Å². The molecule has 0 saturated heterocycles. The molecule has 3 rings (SSSR count). The number of rotatable bonds is 5. The highest BCUT2D eigenvalue weighted by Gasteiger charge is 2.23. The van der Waals surface area contributed by atoms with E-state index in [4.69, 9.17) is 4.74 Å². The van der Waals surface area contributed by atoms with Crippen LogP contribution in [0.25, 0.3) is 10.8 Å². The molecule has 132 valence electrons. The molecule has 0 aliphatic rings. The Bertz CT molecular complexity index is 1080. The average Bonchev–Trinajstić information content (AvgIpc) is 2.72. The summed E-state index contributed by atoms with van der Waals surface area (Å²) in [6.07, 6.45) is 0. The molecule has 0 N–H and O–H groups in total. The van der Waals surface area contributed by atoms with Crippen molar-refractivity contribution in [2.75, 3.05) is 6.61 Å². The lowest BCUT2D eigenvalue weighted by molar-refractivity contribution is 0.0526. The first-order valence-corrected chi connectivity index (χ1v) is 8.59. The normalized spacial score (nSPS) is 11.3. The first kappa shape index (κ1) is 18.1. The molecule has 1 unspecified atom stereocenters. The van der Waals surface area contributed by atoms with Gasteiger partial charge in [-0.05, 0) is 41.0 Å². The fraction of sp³-hybridized carbons (Fsp3) is 0.130. The van der Waals surface area contributed by atoms with E-state index in [-0.39, 0.29) is 12.2 Å². The van der Waals surface area contributed by atoms with E-state index >= 15 is 0 Å². The summed E-state index contributed by atoms with van der Waals surface area (Å²) in [6.45, 7) is 2.01. The van der Waals surface area contributed by atoms with Crippen LogP contribution in [0.15, 0.2) is 72.3 Å². The second kappa shape index (κ2) is 8.14. The molecular weight excluding hydrogens is 338 g/mol.